The van der Waals surface area contributed by atoms with Crippen LogP contribution in [0.15, 0.2) is 48.5 Å². The van der Waals surface area contributed by atoms with Crippen molar-refractivity contribution >= 4 is 35.0 Å². The molecule has 2 aliphatic heterocycles. The van der Waals surface area contributed by atoms with E-state index in [9.17, 15) is 18.0 Å². The second-order valence-electron chi connectivity index (χ2n) is 9.53. The Morgan fingerprint density at radius 1 is 1.03 bits per heavy atom. The number of hydroxylamine groups is 1. The summed E-state index contributed by atoms with van der Waals surface area (Å²) in [6.07, 6.45) is -4.55. The Kier molecular flexibility index (Phi) is 6.27. The van der Waals surface area contributed by atoms with Crippen molar-refractivity contribution in [3.05, 3.63) is 75.3 Å². The van der Waals surface area contributed by atoms with Gasteiger partial charge in [-0.1, -0.05) is 47.5 Å². The lowest BCUT2D eigenvalue weighted by atomic mass is 9.87. The fourth-order valence-corrected chi connectivity index (χ4v) is 4.43. The topological polar surface area (TPSA) is 50.8 Å². The van der Waals surface area contributed by atoms with E-state index < -0.39 is 29.1 Å². The van der Waals surface area contributed by atoms with Crippen LogP contribution in [0.4, 0.5) is 22.4 Å². The molecule has 35 heavy (non-hydrogen) atoms. The van der Waals surface area contributed by atoms with Gasteiger partial charge in [-0.3, -0.25) is 10.3 Å². The molecular weight excluding hydrogens is 511 g/mol. The first kappa shape index (κ1) is 25.6. The molecule has 4 rings (SSSR count). The molecule has 1 amide bonds. The van der Waals surface area contributed by atoms with Crippen LogP contribution in [-0.2, 0) is 20.8 Å². The van der Waals surface area contributed by atoms with Gasteiger partial charge in [0.05, 0.1) is 18.8 Å². The number of hydrogen-bond acceptors (Lipinski definition) is 4. The normalized spacial score (nSPS) is 21.7. The summed E-state index contributed by atoms with van der Waals surface area (Å²) in [5.74, 6) is 0. The number of hydrogen-bond donors (Lipinski definition) is 1. The first-order valence-corrected chi connectivity index (χ1v) is 11.4. The van der Waals surface area contributed by atoms with Gasteiger partial charge in [0.15, 0.2) is 5.67 Å². The summed E-state index contributed by atoms with van der Waals surface area (Å²) in [6, 6.07) is 9.47. The fraction of sp³-hybridized carbons (Fsp3) is 0.375. The van der Waals surface area contributed by atoms with Crippen molar-refractivity contribution in [3.8, 4) is 0 Å². The summed E-state index contributed by atoms with van der Waals surface area (Å²) in [7, 11) is 0. The minimum Gasteiger partial charge on any atom is -0.444 e. The molecular formula is C24H22Cl2F4N2O3. The highest BCUT2D eigenvalue weighted by Crippen LogP contribution is 2.48. The van der Waals surface area contributed by atoms with Crippen LogP contribution in [-0.4, -0.2) is 35.9 Å². The van der Waals surface area contributed by atoms with Crippen molar-refractivity contribution in [2.75, 3.05) is 13.1 Å². The molecule has 0 spiro atoms. The molecule has 1 unspecified atom stereocenters. The summed E-state index contributed by atoms with van der Waals surface area (Å²) in [5.41, 5.74) is -2.57. The van der Waals surface area contributed by atoms with Crippen molar-refractivity contribution < 1.29 is 31.9 Å². The highest BCUT2D eigenvalue weighted by Gasteiger charge is 2.59. The second-order valence-corrected chi connectivity index (χ2v) is 10.4. The molecule has 2 aliphatic rings. The maximum Gasteiger partial charge on any atom is 0.428 e. The summed E-state index contributed by atoms with van der Waals surface area (Å²) in [4.78, 5) is 18.4. The van der Waals surface area contributed by atoms with Gasteiger partial charge in [-0.15, -0.1) is 0 Å². The summed E-state index contributed by atoms with van der Waals surface area (Å²) in [6.45, 7) is 4.79. The number of nitrogens with one attached hydrogen (secondary N) is 1. The first-order valence-electron chi connectivity index (χ1n) is 10.6. The molecule has 0 saturated carbocycles. The number of likely N-dealkylation sites (tertiary alicyclic amines) is 1. The SMILES string of the molecule is CC(C)(C)OC(=O)N1CC(F)(c2ccc(C3=CC(c4cc(Cl)cc(Cl)c4)(C(F)(F)F)ON3)cc2)C1. The lowest BCUT2D eigenvalue weighted by Crippen LogP contribution is -2.59. The van der Waals surface area contributed by atoms with Gasteiger partial charge in [-0.25, -0.2) is 9.18 Å². The maximum absolute atomic E-state index is 15.3. The predicted molar refractivity (Wildman–Crippen MR) is 123 cm³/mol. The molecule has 1 fully saturated rings. The maximum atomic E-state index is 15.3. The molecule has 0 radical (unpaired) electrons. The summed E-state index contributed by atoms with van der Waals surface area (Å²) >= 11 is 11.8. The van der Waals surface area contributed by atoms with Crippen LogP contribution in [0.1, 0.15) is 37.5 Å². The van der Waals surface area contributed by atoms with Gasteiger partial charge in [-0.2, -0.15) is 13.2 Å². The van der Waals surface area contributed by atoms with Gasteiger partial charge in [0.1, 0.15) is 5.60 Å². The predicted octanol–water partition coefficient (Wildman–Crippen LogP) is 6.74. The largest absolute Gasteiger partial charge is 0.444 e. The van der Waals surface area contributed by atoms with Crippen LogP contribution >= 0.6 is 23.2 Å². The molecule has 2 heterocycles. The number of nitrogens with zero attached hydrogens (tertiary/aromatic N) is 1. The molecule has 0 bridgehead atoms. The Bertz CT molecular complexity index is 1150. The molecule has 2 aromatic rings. The minimum absolute atomic E-state index is 0.0279. The lowest BCUT2D eigenvalue weighted by molar-refractivity contribution is -0.269. The Hall–Kier alpha value is -2.49. The average Bonchev–Trinajstić information content (AvgIpc) is 3.16. The van der Waals surface area contributed by atoms with E-state index in [0.717, 1.165) is 18.2 Å². The standard InChI is InChI=1S/C24H22Cl2F4N2O3/c1-21(2,3)34-20(33)32-12-22(27,13-32)15-6-4-14(5-7-15)19-11-23(35-31-19,24(28,29)30)16-8-17(25)10-18(26)9-16/h4-11,31H,12-13H2,1-3H3. The zero-order valence-corrected chi connectivity index (χ0v) is 20.5. The van der Waals surface area contributed by atoms with E-state index in [4.69, 9.17) is 32.8 Å². The summed E-state index contributed by atoms with van der Waals surface area (Å²) < 4.78 is 63.0. The molecule has 0 aromatic heterocycles. The van der Waals surface area contributed by atoms with Crippen molar-refractivity contribution in [1.82, 2.24) is 10.4 Å². The summed E-state index contributed by atoms with van der Waals surface area (Å²) in [5, 5.41) is 0.0557. The third-order valence-corrected chi connectivity index (χ3v) is 6.07. The third kappa shape index (κ3) is 4.94. The molecule has 11 heteroatoms. The van der Waals surface area contributed by atoms with Gasteiger partial charge < -0.3 is 9.64 Å². The van der Waals surface area contributed by atoms with Crippen molar-refractivity contribution in [1.29, 1.82) is 0 Å². The van der Waals surface area contributed by atoms with Gasteiger partial charge in [0.25, 0.3) is 0 Å². The molecule has 188 valence electrons. The number of benzene rings is 2. The van der Waals surface area contributed by atoms with Crippen molar-refractivity contribution in [2.24, 2.45) is 0 Å². The monoisotopic (exact) mass is 532 g/mol. The molecule has 5 nitrogen and oxygen atoms in total. The Balaban J connectivity index is 1.55. The second kappa shape index (κ2) is 8.57. The van der Waals surface area contributed by atoms with E-state index in [2.05, 4.69) is 5.48 Å². The number of halogens is 6. The fourth-order valence-electron chi connectivity index (χ4n) is 3.90. The van der Waals surface area contributed by atoms with E-state index in [1.54, 1.807) is 20.8 Å². The van der Waals surface area contributed by atoms with Crippen LogP contribution in [0.5, 0.6) is 0 Å². The first-order chi connectivity index (χ1) is 16.1. The molecule has 1 atom stereocenters. The Morgan fingerprint density at radius 3 is 2.11 bits per heavy atom. The van der Waals surface area contributed by atoms with Crippen LogP contribution in [0.2, 0.25) is 10.0 Å². The van der Waals surface area contributed by atoms with Gasteiger partial charge in [0.2, 0.25) is 5.60 Å². The molecule has 2 aromatic carbocycles. The van der Waals surface area contributed by atoms with E-state index in [1.807, 2.05) is 0 Å². The number of carbonyl (C=O) groups is 1. The molecule has 0 aliphatic carbocycles. The Morgan fingerprint density at radius 2 is 1.60 bits per heavy atom. The third-order valence-electron chi connectivity index (χ3n) is 5.63. The van der Waals surface area contributed by atoms with Crippen molar-refractivity contribution in [2.45, 2.75) is 43.8 Å². The number of rotatable bonds is 3. The zero-order valence-electron chi connectivity index (χ0n) is 19.0. The van der Waals surface area contributed by atoms with E-state index in [0.29, 0.717) is 11.1 Å². The van der Waals surface area contributed by atoms with E-state index >= 15 is 4.39 Å². The van der Waals surface area contributed by atoms with Crippen molar-refractivity contribution in [3.63, 3.8) is 0 Å². The van der Waals surface area contributed by atoms with Gasteiger partial charge in [0, 0.05) is 15.6 Å². The van der Waals surface area contributed by atoms with E-state index in [-0.39, 0.29) is 34.4 Å². The molecule has 1 saturated heterocycles. The highest BCUT2D eigenvalue weighted by molar-refractivity contribution is 6.34. The van der Waals surface area contributed by atoms with Crippen LogP contribution < -0.4 is 5.48 Å². The lowest BCUT2D eigenvalue weighted by Gasteiger charge is -2.44. The number of amides is 1. The quantitative estimate of drug-likeness (QED) is 0.444. The average molecular weight is 533 g/mol. The van der Waals surface area contributed by atoms with Gasteiger partial charge >= 0.3 is 12.3 Å². The van der Waals surface area contributed by atoms with Crippen LogP contribution in [0, 0.1) is 0 Å². The number of alkyl halides is 4. The van der Waals surface area contributed by atoms with Crippen LogP contribution in [0.3, 0.4) is 0 Å². The highest BCUT2D eigenvalue weighted by atomic mass is 35.5. The van der Waals surface area contributed by atoms with E-state index in [1.165, 1.54) is 35.2 Å². The number of carbonyl (C=O) groups excluding carboxylic acids is 1. The van der Waals surface area contributed by atoms with Gasteiger partial charge in [-0.05, 0) is 56.2 Å². The smallest absolute Gasteiger partial charge is 0.428 e. The zero-order chi connectivity index (χ0) is 25.8. The number of ether oxygens (including phenoxy) is 1. The van der Waals surface area contributed by atoms with Crippen LogP contribution in [0.25, 0.3) is 5.70 Å². The molecule has 1 N–H and O–H groups in total. The Labute approximate surface area is 209 Å². The minimum atomic E-state index is -4.84.